The van der Waals surface area contributed by atoms with E-state index < -0.39 is 50.3 Å². The van der Waals surface area contributed by atoms with Gasteiger partial charge in [0.2, 0.25) is 5.60 Å². The number of aliphatic hydroxyl groups is 2. The van der Waals surface area contributed by atoms with E-state index in [1.54, 1.807) is 42.5 Å². The van der Waals surface area contributed by atoms with Gasteiger partial charge in [0.25, 0.3) is 0 Å². The molecule has 1 unspecified atom stereocenters. The Labute approximate surface area is 248 Å². The predicted molar refractivity (Wildman–Crippen MR) is 152 cm³/mol. The van der Waals surface area contributed by atoms with Crippen LogP contribution in [0.3, 0.4) is 0 Å². The molecule has 3 heterocycles. The fourth-order valence-electron chi connectivity index (χ4n) is 4.82. The van der Waals surface area contributed by atoms with Crippen LogP contribution in [0.15, 0.2) is 48.8 Å². The maximum atomic E-state index is 14.2. The summed E-state index contributed by atoms with van der Waals surface area (Å²) in [6, 6.07) is 12.2. The summed E-state index contributed by atoms with van der Waals surface area (Å²) < 4.78 is 38.5. The number of carbonyl (C=O) groups is 1. The number of fused-ring (bicyclic) bond motifs is 1. The van der Waals surface area contributed by atoms with Crippen LogP contribution >= 0.6 is 7.75 Å². The van der Waals surface area contributed by atoms with E-state index in [-0.39, 0.29) is 30.5 Å². The molecule has 230 valence electrons. The number of esters is 1. The number of nitrogen functional groups attached to an aromatic ring is 1. The van der Waals surface area contributed by atoms with Gasteiger partial charge in [0, 0.05) is 0 Å². The molecule has 0 bridgehead atoms. The zero-order chi connectivity index (χ0) is 30.8. The number of hydrogen-bond acceptors (Lipinski definition) is 12. The van der Waals surface area contributed by atoms with Crippen LogP contribution in [-0.2, 0) is 23.4 Å². The molecule has 2 aromatic heterocycles. The van der Waals surface area contributed by atoms with E-state index in [2.05, 4.69) is 15.2 Å². The lowest BCUT2D eigenvalue weighted by Crippen LogP contribution is -2.46. The molecule has 1 saturated carbocycles. The summed E-state index contributed by atoms with van der Waals surface area (Å²) in [5, 5.41) is 39.0. The van der Waals surface area contributed by atoms with Gasteiger partial charge >= 0.3 is 13.7 Å². The van der Waals surface area contributed by atoms with Crippen LogP contribution in [0.25, 0.3) is 5.52 Å². The minimum atomic E-state index is -4.44. The van der Waals surface area contributed by atoms with E-state index in [1.807, 2.05) is 19.9 Å². The van der Waals surface area contributed by atoms with E-state index in [1.165, 1.54) is 10.8 Å². The average Bonchev–Trinajstić information content (AvgIpc) is 3.66. The van der Waals surface area contributed by atoms with E-state index >= 15 is 0 Å². The Balaban J connectivity index is 1.40. The molecule has 5 N–H and O–H groups in total. The SMILES string of the molecule is CC(C)C[C@H](NP(=O)(OC[C@@]1(C#N)O[C@@H](c2ccc3c(N)ncnn23)[C@H](O)[C@@H]1O)Oc1ccccc1)C(=O)OCC1CC1. The quantitative estimate of drug-likeness (QED) is 0.162. The van der Waals surface area contributed by atoms with Crippen molar-refractivity contribution >= 4 is 25.1 Å². The van der Waals surface area contributed by atoms with Crippen LogP contribution < -0.4 is 15.3 Å². The second-order valence-electron chi connectivity index (χ2n) is 11.2. The van der Waals surface area contributed by atoms with E-state index in [9.17, 15) is 24.8 Å². The third-order valence-electron chi connectivity index (χ3n) is 7.32. The van der Waals surface area contributed by atoms with Gasteiger partial charge in [-0.1, -0.05) is 32.0 Å². The summed E-state index contributed by atoms with van der Waals surface area (Å²) >= 11 is 0. The summed E-state index contributed by atoms with van der Waals surface area (Å²) in [5.74, 6) is 0.0728. The predicted octanol–water partition coefficient (Wildman–Crippen LogP) is 2.53. The highest BCUT2D eigenvalue weighted by Crippen LogP contribution is 2.49. The first-order chi connectivity index (χ1) is 20.5. The first kappa shape index (κ1) is 30.9. The first-order valence-corrected chi connectivity index (χ1v) is 15.6. The number of aromatic nitrogens is 3. The first-order valence-electron chi connectivity index (χ1n) is 14.0. The van der Waals surface area contributed by atoms with E-state index in [0.717, 1.165) is 12.8 Å². The average molecular weight is 615 g/mol. The molecular weight excluding hydrogens is 579 g/mol. The molecule has 0 radical (unpaired) electrons. The number of nitrogens with two attached hydrogens (primary N) is 1. The molecule has 3 aromatic rings. The van der Waals surface area contributed by atoms with Gasteiger partial charge in [0.05, 0.1) is 12.3 Å². The second kappa shape index (κ2) is 12.6. The smallest absolute Gasteiger partial charge is 0.459 e. The topological polar surface area (TPSA) is 204 Å². The maximum absolute atomic E-state index is 14.2. The Kier molecular flexibility index (Phi) is 9.03. The van der Waals surface area contributed by atoms with Crippen molar-refractivity contribution in [2.24, 2.45) is 11.8 Å². The fraction of sp³-hybridized carbons (Fsp3) is 0.500. The van der Waals surface area contributed by atoms with Crippen LogP contribution in [0, 0.1) is 23.2 Å². The van der Waals surface area contributed by atoms with E-state index in [4.69, 9.17) is 24.3 Å². The van der Waals surface area contributed by atoms with Crippen molar-refractivity contribution in [1.29, 1.82) is 5.26 Å². The Morgan fingerprint density at radius 3 is 2.70 bits per heavy atom. The number of aliphatic hydroxyl groups excluding tert-OH is 2. The Morgan fingerprint density at radius 1 is 1.28 bits per heavy atom. The number of carbonyl (C=O) groups excluding carboxylic acids is 1. The summed E-state index contributed by atoms with van der Waals surface area (Å²) in [7, 11) is -4.44. The summed E-state index contributed by atoms with van der Waals surface area (Å²) in [4.78, 5) is 17.0. The van der Waals surface area contributed by atoms with Gasteiger partial charge in [0.1, 0.15) is 54.6 Å². The molecule has 14 nitrogen and oxygen atoms in total. The number of nitrogens with zero attached hydrogens (tertiary/aromatic N) is 4. The fourth-order valence-corrected chi connectivity index (χ4v) is 6.35. The molecule has 6 atom stereocenters. The molecule has 5 rings (SSSR count). The number of nitriles is 1. The van der Waals surface area contributed by atoms with Crippen LogP contribution in [0.2, 0.25) is 0 Å². The summed E-state index contributed by atoms with van der Waals surface area (Å²) in [5.41, 5.74) is 4.47. The molecular formula is C28H35N6O8P. The minimum Gasteiger partial charge on any atom is -0.464 e. The second-order valence-corrected chi connectivity index (χ2v) is 12.9. The van der Waals surface area contributed by atoms with Gasteiger partial charge in [0.15, 0.2) is 5.82 Å². The molecule has 0 amide bonds. The monoisotopic (exact) mass is 614 g/mol. The van der Waals surface area contributed by atoms with Gasteiger partial charge in [-0.05, 0) is 55.4 Å². The highest BCUT2D eigenvalue weighted by molar-refractivity contribution is 7.52. The van der Waals surface area contributed by atoms with Crippen molar-refractivity contribution in [2.75, 3.05) is 18.9 Å². The highest BCUT2D eigenvalue weighted by Gasteiger charge is 2.57. The van der Waals surface area contributed by atoms with Gasteiger partial charge < -0.3 is 29.9 Å². The number of benzene rings is 1. The highest BCUT2D eigenvalue weighted by atomic mass is 31.2. The standard InChI is InChI=1S/C28H35N6O8P/c1-17(2)12-20(27(37)39-13-18-8-9-18)33-43(38,42-19-6-4-3-5-7-19)40-15-28(14-29)25(36)23(35)24(41-28)21-10-11-22-26(30)31-16-32-34(21)22/h3-7,10-11,16-18,20,23-25,35-36H,8-9,12-13,15H2,1-2H3,(H,33,38)(H2,30,31,32)/t20-,23-,24-,25-,28+,43?/m0/s1. The van der Waals surface area contributed by atoms with Crippen molar-refractivity contribution in [1.82, 2.24) is 19.7 Å². The van der Waals surface area contributed by atoms with Crippen molar-refractivity contribution in [3.05, 3.63) is 54.5 Å². The van der Waals surface area contributed by atoms with Crippen molar-refractivity contribution in [2.45, 2.75) is 63.1 Å². The molecule has 1 aliphatic carbocycles. The zero-order valence-corrected chi connectivity index (χ0v) is 24.7. The normalized spacial score (nSPS) is 25.7. The van der Waals surface area contributed by atoms with Crippen LogP contribution in [0.5, 0.6) is 5.75 Å². The molecule has 1 aliphatic heterocycles. The van der Waals surface area contributed by atoms with Crippen LogP contribution in [0.1, 0.15) is 44.9 Å². The Hall–Kier alpha value is -3.57. The van der Waals surface area contributed by atoms with Crippen molar-refractivity contribution in [3.8, 4) is 11.8 Å². The van der Waals surface area contributed by atoms with Gasteiger partial charge in [-0.2, -0.15) is 15.4 Å². The number of anilines is 1. The lowest BCUT2D eigenvalue weighted by Gasteiger charge is -2.29. The van der Waals surface area contributed by atoms with Gasteiger partial charge in [-0.3, -0.25) is 9.32 Å². The summed E-state index contributed by atoms with van der Waals surface area (Å²) in [6.07, 6.45) is -1.17. The van der Waals surface area contributed by atoms with Crippen molar-refractivity contribution in [3.63, 3.8) is 0 Å². The van der Waals surface area contributed by atoms with E-state index in [0.29, 0.717) is 17.1 Å². The summed E-state index contributed by atoms with van der Waals surface area (Å²) in [6.45, 7) is 3.26. The van der Waals surface area contributed by atoms with Crippen LogP contribution in [-0.4, -0.2) is 67.8 Å². The number of rotatable bonds is 13. The molecule has 43 heavy (non-hydrogen) atoms. The minimum absolute atomic E-state index is 0.00667. The zero-order valence-electron chi connectivity index (χ0n) is 23.8. The number of hydrogen-bond donors (Lipinski definition) is 4. The lowest BCUT2D eigenvalue weighted by molar-refractivity contribution is -0.146. The van der Waals surface area contributed by atoms with Crippen molar-refractivity contribution < 1.29 is 38.1 Å². The molecule has 15 heteroatoms. The number of ether oxygens (including phenoxy) is 2. The Morgan fingerprint density at radius 2 is 2.02 bits per heavy atom. The third-order valence-corrected chi connectivity index (χ3v) is 8.87. The number of para-hydroxylation sites is 1. The van der Waals surface area contributed by atoms with Crippen LogP contribution in [0.4, 0.5) is 5.82 Å². The molecule has 2 fully saturated rings. The number of nitrogens with one attached hydrogen (secondary N) is 1. The van der Waals surface area contributed by atoms with Gasteiger partial charge in [-0.25, -0.2) is 14.1 Å². The lowest BCUT2D eigenvalue weighted by atomic mass is 9.96. The van der Waals surface area contributed by atoms with Gasteiger partial charge in [-0.15, -0.1) is 0 Å². The largest absolute Gasteiger partial charge is 0.464 e. The third kappa shape index (κ3) is 6.83. The molecule has 2 aliphatic rings. The maximum Gasteiger partial charge on any atom is 0.459 e. The molecule has 0 spiro atoms. The molecule has 1 aromatic carbocycles. The molecule has 1 saturated heterocycles. The Bertz CT molecular complexity index is 1530.